The van der Waals surface area contributed by atoms with Crippen LogP contribution < -0.4 is 10.5 Å². The molecule has 18 heavy (non-hydrogen) atoms. The average molecular weight is 276 g/mol. The minimum atomic E-state index is -3.65. The van der Waals surface area contributed by atoms with E-state index in [1.54, 1.807) is 6.92 Å². The molecule has 1 radical (unpaired) electrons. The normalized spacial score (nSPS) is 10.7. The van der Waals surface area contributed by atoms with Gasteiger partial charge in [-0.3, -0.25) is 4.72 Å². The van der Waals surface area contributed by atoms with Crippen LogP contribution in [0.15, 0.2) is 39.9 Å². The SMILES string of the molecule is Cc1conc1NS(=O)(=O)c1ccc(N)cc1.[Na]. The number of aromatic nitrogens is 1. The summed E-state index contributed by atoms with van der Waals surface area (Å²) in [5.74, 6) is 0.182. The number of aryl methyl sites for hydroxylation is 1. The standard InChI is InChI=1S/C10H11N3O3S.Na/c1-7-6-16-12-10(7)13-17(14,15)9-4-2-8(11)3-5-9;/h2-6H,11H2,1H3,(H,12,13);. The second-order valence-electron chi connectivity index (χ2n) is 3.52. The minimum Gasteiger partial charge on any atom is -0.399 e. The van der Waals surface area contributed by atoms with Crippen LogP contribution in [-0.2, 0) is 10.0 Å². The van der Waals surface area contributed by atoms with E-state index in [0.29, 0.717) is 11.3 Å². The van der Waals surface area contributed by atoms with Crippen LogP contribution >= 0.6 is 0 Å². The molecule has 0 amide bonds. The molecule has 2 rings (SSSR count). The van der Waals surface area contributed by atoms with Crippen LogP contribution in [0.4, 0.5) is 11.5 Å². The van der Waals surface area contributed by atoms with Gasteiger partial charge < -0.3 is 10.3 Å². The molecule has 0 saturated carbocycles. The largest absolute Gasteiger partial charge is 0.399 e. The monoisotopic (exact) mass is 276 g/mol. The van der Waals surface area contributed by atoms with Crippen LogP contribution in [0.25, 0.3) is 0 Å². The molecule has 3 N–H and O–H groups in total. The summed E-state index contributed by atoms with van der Waals surface area (Å²) >= 11 is 0. The minimum absolute atomic E-state index is 0. The number of nitrogens with two attached hydrogens (primary N) is 1. The van der Waals surface area contributed by atoms with Gasteiger partial charge in [-0.05, 0) is 31.2 Å². The Kier molecular flexibility index (Phi) is 4.80. The molecule has 0 atom stereocenters. The number of sulfonamides is 1. The van der Waals surface area contributed by atoms with Crippen molar-refractivity contribution >= 4 is 51.1 Å². The molecular formula is C10H11N3NaO3S. The van der Waals surface area contributed by atoms with E-state index in [0.717, 1.165) is 0 Å². The number of nitrogens with one attached hydrogen (secondary N) is 1. The first-order chi connectivity index (χ1) is 7.99. The van der Waals surface area contributed by atoms with E-state index in [9.17, 15) is 8.42 Å². The van der Waals surface area contributed by atoms with Crippen LogP contribution in [-0.4, -0.2) is 43.1 Å². The number of benzene rings is 1. The van der Waals surface area contributed by atoms with Crippen molar-refractivity contribution in [2.75, 3.05) is 10.5 Å². The molecule has 0 aliphatic rings. The Bertz CT molecular complexity index is 622. The summed E-state index contributed by atoms with van der Waals surface area (Å²) in [7, 11) is -3.65. The number of hydrogen-bond acceptors (Lipinski definition) is 5. The van der Waals surface area contributed by atoms with E-state index in [4.69, 9.17) is 5.73 Å². The number of nitrogen functional groups attached to an aromatic ring is 1. The summed E-state index contributed by atoms with van der Waals surface area (Å²) in [5, 5.41) is 3.55. The van der Waals surface area contributed by atoms with E-state index >= 15 is 0 Å². The molecule has 0 fully saturated rings. The molecule has 6 nitrogen and oxygen atoms in total. The van der Waals surface area contributed by atoms with Gasteiger partial charge in [0.2, 0.25) is 0 Å². The first-order valence-electron chi connectivity index (χ1n) is 4.78. The van der Waals surface area contributed by atoms with E-state index < -0.39 is 10.0 Å². The van der Waals surface area contributed by atoms with Gasteiger partial charge in [0, 0.05) is 40.8 Å². The molecule has 0 bridgehead atoms. The molecule has 0 spiro atoms. The zero-order chi connectivity index (χ0) is 12.5. The van der Waals surface area contributed by atoms with Gasteiger partial charge in [-0.1, -0.05) is 5.16 Å². The van der Waals surface area contributed by atoms with Crippen molar-refractivity contribution in [2.45, 2.75) is 11.8 Å². The molecule has 1 heterocycles. The summed E-state index contributed by atoms with van der Waals surface area (Å²) in [6.45, 7) is 1.69. The summed E-state index contributed by atoms with van der Waals surface area (Å²) in [5.41, 5.74) is 6.60. The molecule has 0 aliphatic heterocycles. The van der Waals surface area contributed by atoms with Crippen LogP contribution in [0.1, 0.15) is 5.56 Å². The fourth-order valence-electron chi connectivity index (χ4n) is 1.22. The van der Waals surface area contributed by atoms with Crippen LogP contribution in [0.2, 0.25) is 0 Å². The summed E-state index contributed by atoms with van der Waals surface area (Å²) in [6.07, 6.45) is 1.36. The van der Waals surface area contributed by atoms with E-state index in [2.05, 4.69) is 14.4 Å². The molecule has 0 aliphatic carbocycles. The summed E-state index contributed by atoms with van der Waals surface area (Å²) in [4.78, 5) is 0.120. The quantitative estimate of drug-likeness (QED) is 0.643. The third-order valence-electron chi connectivity index (χ3n) is 2.17. The number of hydrogen-bond donors (Lipinski definition) is 2. The van der Waals surface area contributed by atoms with Gasteiger partial charge in [-0.25, -0.2) is 8.42 Å². The third-order valence-corrected chi connectivity index (χ3v) is 3.52. The zero-order valence-electron chi connectivity index (χ0n) is 10.0. The topological polar surface area (TPSA) is 98.2 Å². The second kappa shape index (κ2) is 5.75. The van der Waals surface area contributed by atoms with Crippen molar-refractivity contribution in [3.63, 3.8) is 0 Å². The van der Waals surface area contributed by atoms with Gasteiger partial charge >= 0.3 is 0 Å². The Morgan fingerprint density at radius 2 is 1.89 bits per heavy atom. The van der Waals surface area contributed by atoms with Gasteiger partial charge in [-0.15, -0.1) is 0 Å². The Morgan fingerprint density at radius 1 is 1.28 bits per heavy atom. The van der Waals surface area contributed by atoms with Crippen molar-refractivity contribution in [3.05, 3.63) is 36.1 Å². The number of anilines is 2. The Balaban J connectivity index is 0.00000162. The Labute approximate surface area is 127 Å². The molecule has 1 aromatic carbocycles. The van der Waals surface area contributed by atoms with Crippen molar-refractivity contribution in [2.24, 2.45) is 0 Å². The van der Waals surface area contributed by atoms with Crippen molar-refractivity contribution in [3.8, 4) is 0 Å². The van der Waals surface area contributed by atoms with Crippen molar-refractivity contribution in [1.29, 1.82) is 0 Å². The van der Waals surface area contributed by atoms with Crippen molar-refractivity contribution < 1.29 is 12.9 Å². The van der Waals surface area contributed by atoms with Gasteiger partial charge in [0.15, 0.2) is 5.82 Å². The van der Waals surface area contributed by atoms with Crippen LogP contribution in [0.3, 0.4) is 0 Å². The molecule has 2 aromatic rings. The van der Waals surface area contributed by atoms with E-state index in [-0.39, 0.29) is 40.3 Å². The Morgan fingerprint density at radius 3 is 2.39 bits per heavy atom. The smallest absolute Gasteiger partial charge is 0.263 e. The van der Waals surface area contributed by atoms with Gasteiger partial charge in [0.05, 0.1) is 4.90 Å². The maximum Gasteiger partial charge on any atom is 0.263 e. The van der Waals surface area contributed by atoms with Gasteiger partial charge in [0.1, 0.15) is 6.26 Å². The predicted molar refractivity (Wildman–Crippen MR) is 68.7 cm³/mol. The first-order valence-corrected chi connectivity index (χ1v) is 6.27. The van der Waals surface area contributed by atoms with E-state index in [1.165, 1.54) is 30.5 Å². The van der Waals surface area contributed by atoms with Gasteiger partial charge in [0.25, 0.3) is 10.0 Å². The zero-order valence-corrected chi connectivity index (χ0v) is 12.9. The van der Waals surface area contributed by atoms with Gasteiger partial charge in [-0.2, -0.15) is 0 Å². The number of rotatable bonds is 3. The number of nitrogens with zero attached hydrogens (tertiary/aromatic N) is 1. The van der Waals surface area contributed by atoms with Crippen LogP contribution in [0.5, 0.6) is 0 Å². The molecule has 8 heteroatoms. The first kappa shape index (κ1) is 15.0. The van der Waals surface area contributed by atoms with E-state index in [1.807, 2.05) is 0 Å². The van der Waals surface area contributed by atoms with Crippen LogP contribution in [0, 0.1) is 6.92 Å². The molecule has 91 valence electrons. The molecular weight excluding hydrogens is 265 g/mol. The maximum atomic E-state index is 11.9. The summed E-state index contributed by atoms with van der Waals surface area (Å²) in [6, 6.07) is 5.88. The predicted octanol–water partition coefficient (Wildman–Crippen LogP) is 0.985. The fraction of sp³-hybridized carbons (Fsp3) is 0.100. The third kappa shape index (κ3) is 3.26. The fourth-order valence-corrected chi connectivity index (χ4v) is 2.28. The second-order valence-corrected chi connectivity index (χ2v) is 5.20. The summed E-state index contributed by atoms with van der Waals surface area (Å²) < 4.78 is 30.8. The molecule has 0 unspecified atom stereocenters. The maximum absolute atomic E-state index is 11.9. The van der Waals surface area contributed by atoms with Crippen molar-refractivity contribution in [1.82, 2.24) is 5.16 Å². The average Bonchev–Trinajstić information content (AvgIpc) is 2.64. The molecule has 1 aromatic heterocycles. The Hall–Kier alpha value is -1.02. The molecule has 0 saturated heterocycles.